The zero-order valence-electron chi connectivity index (χ0n) is 9.61. The molecule has 0 atom stereocenters. The Balaban J connectivity index is 2.11. The Morgan fingerprint density at radius 1 is 1.16 bits per heavy atom. The zero-order valence-corrected chi connectivity index (χ0v) is 11.9. The van der Waals surface area contributed by atoms with Gasteiger partial charge in [0, 0.05) is 0 Å². The van der Waals surface area contributed by atoms with Gasteiger partial charge in [-0.1, -0.05) is 40.6 Å². The number of rotatable bonds is 1. The van der Waals surface area contributed by atoms with E-state index in [9.17, 15) is 9.59 Å². The fourth-order valence-corrected chi connectivity index (χ4v) is 3.16. The van der Waals surface area contributed by atoms with Crippen molar-refractivity contribution in [1.82, 2.24) is 4.98 Å². The number of aromatic nitrogens is 1. The van der Waals surface area contributed by atoms with E-state index in [0.717, 1.165) is 20.7 Å². The summed E-state index contributed by atoms with van der Waals surface area (Å²) in [6.45, 7) is 1.96. The van der Waals surface area contributed by atoms with Crippen LogP contribution in [0.5, 0.6) is 0 Å². The van der Waals surface area contributed by atoms with Crippen LogP contribution >= 0.6 is 34.5 Å². The van der Waals surface area contributed by atoms with Crippen LogP contribution in [0.15, 0.2) is 28.3 Å². The number of aryl methyl sites for hydroxylation is 1. The van der Waals surface area contributed by atoms with E-state index in [4.69, 9.17) is 23.2 Å². The van der Waals surface area contributed by atoms with E-state index >= 15 is 0 Å². The third-order valence-corrected chi connectivity index (χ3v) is 4.50. The molecule has 0 aliphatic carbocycles. The Labute approximate surface area is 122 Å². The van der Waals surface area contributed by atoms with Crippen LogP contribution in [-0.2, 0) is 9.59 Å². The first-order valence-electron chi connectivity index (χ1n) is 5.30. The van der Waals surface area contributed by atoms with Gasteiger partial charge in [-0.2, -0.15) is 0 Å². The van der Waals surface area contributed by atoms with E-state index < -0.39 is 11.8 Å². The molecule has 4 nitrogen and oxygen atoms in total. The summed E-state index contributed by atoms with van der Waals surface area (Å²) in [7, 11) is 0. The molecule has 1 aliphatic rings. The fraction of sp³-hybridized carbons (Fsp3) is 0.0833. The number of imide groups is 1. The maximum atomic E-state index is 11.9. The van der Waals surface area contributed by atoms with Crippen LogP contribution in [0.2, 0.25) is 0 Å². The number of amides is 2. The largest absolute Gasteiger partial charge is 0.280 e. The third kappa shape index (κ3) is 1.85. The lowest BCUT2D eigenvalue weighted by atomic mass is 10.2. The second-order valence-electron chi connectivity index (χ2n) is 4.04. The molecule has 2 amide bonds. The van der Waals surface area contributed by atoms with E-state index in [-0.39, 0.29) is 15.2 Å². The summed E-state index contributed by atoms with van der Waals surface area (Å²) in [5, 5.41) is -0.242. The number of carbonyl (C=O) groups excluding carboxylic acids is 2. The molecule has 1 aromatic heterocycles. The lowest BCUT2D eigenvalue weighted by Gasteiger charge is -2.08. The number of fused-ring (bicyclic) bond motifs is 1. The first-order valence-corrected chi connectivity index (χ1v) is 6.87. The number of thiazole rings is 1. The second-order valence-corrected chi connectivity index (χ2v) is 5.81. The number of nitrogens with zero attached hydrogens (tertiary/aromatic N) is 2. The van der Waals surface area contributed by atoms with Gasteiger partial charge in [0.1, 0.15) is 10.1 Å². The number of halogens is 2. The molecule has 0 radical (unpaired) electrons. The van der Waals surface area contributed by atoms with Crippen molar-refractivity contribution in [3.05, 3.63) is 33.8 Å². The van der Waals surface area contributed by atoms with Gasteiger partial charge in [-0.15, -0.1) is 0 Å². The van der Waals surface area contributed by atoms with Gasteiger partial charge < -0.3 is 0 Å². The molecule has 0 N–H and O–H groups in total. The van der Waals surface area contributed by atoms with E-state index in [1.165, 1.54) is 11.3 Å². The highest BCUT2D eigenvalue weighted by Gasteiger charge is 2.39. The lowest BCUT2D eigenvalue weighted by molar-refractivity contribution is -0.120. The summed E-state index contributed by atoms with van der Waals surface area (Å²) < 4.78 is 0.898. The topological polar surface area (TPSA) is 50.3 Å². The minimum atomic E-state index is -0.632. The Morgan fingerprint density at radius 3 is 2.42 bits per heavy atom. The molecule has 2 heterocycles. The molecule has 7 heteroatoms. The van der Waals surface area contributed by atoms with E-state index in [2.05, 4.69) is 4.98 Å². The summed E-state index contributed by atoms with van der Waals surface area (Å²) in [5.41, 5.74) is 1.81. The molecule has 3 rings (SSSR count). The number of carbonyl (C=O) groups is 2. The van der Waals surface area contributed by atoms with Gasteiger partial charge in [-0.25, -0.2) is 9.88 Å². The molecular formula is C12H6Cl2N2O2S. The van der Waals surface area contributed by atoms with Gasteiger partial charge in [-0.05, 0) is 24.6 Å². The van der Waals surface area contributed by atoms with Gasteiger partial charge >= 0.3 is 0 Å². The van der Waals surface area contributed by atoms with Crippen molar-refractivity contribution in [1.29, 1.82) is 0 Å². The van der Waals surface area contributed by atoms with E-state index in [1.54, 1.807) is 0 Å². The SMILES string of the molecule is Cc1ccc2nc(N3C(=O)C(Cl)=C(Cl)C3=O)sc2c1. The second kappa shape index (κ2) is 4.30. The predicted octanol–water partition coefficient (Wildman–Crippen LogP) is 3.17. The van der Waals surface area contributed by atoms with Crippen LogP contribution < -0.4 is 4.90 Å². The monoisotopic (exact) mass is 312 g/mol. The van der Waals surface area contributed by atoms with Crippen molar-refractivity contribution in [2.75, 3.05) is 4.90 Å². The Hall–Kier alpha value is -1.43. The average molecular weight is 313 g/mol. The lowest BCUT2D eigenvalue weighted by Crippen LogP contribution is -2.30. The quantitative estimate of drug-likeness (QED) is 0.760. The van der Waals surface area contributed by atoms with Gasteiger partial charge in [0.2, 0.25) is 5.13 Å². The fourth-order valence-electron chi connectivity index (χ4n) is 1.77. The molecule has 0 unspecified atom stereocenters. The normalized spacial score (nSPS) is 16.1. The van der Waals surface area contributed by atoms with Crippen LogP contribution in [0.25, 0.3) is 10.2 Å². The van der Waals surface area contributed by atoms with Crippen LogP contribution in [0, 0.1) is 6.92 Å². The van der Waals surface area contributed by atoms with Crippen molar-refractivity contribution in [3.8, 4) is 0 Å². The van der Waals surface area contributed by atoms with E-state index in [1.807, 2.05) is 25.1 Å². The smallest absolute Gasteiger partial charge is 0.267 e. The maximum absolute atomic E-state index is 11.9. The highest BCUT2D eigenvalue weighted by atomic mass is 35.5. The molecule has 19 heavy (non-hydrogen) atoms. The molecule has 96 valence electrons. The number of hydrogen-bond acceptors (Lipinski definition) is 4. The molecule has 0 saturated heterocycles. The van der Waals surface area contributed by atoms with Crippen LogP contribution in [0.4, 0.5) is 5.13 Å². The van der Waals surface area contributed by atoms with Crippen LogP contribution in [-0.4, -0.2) is 16.8 Å². The Bertz CT molecular complexity index is 742. The Kier molecular flexibility index (Phi) is 2.85. The number of benzene rings is 1. The highest BCUT2D eigenvalue weighted by molar-refractivity contribution is 7.22. The van der Waals surface area contributed by atoms with Crippen LogP contribution in [0.1, 0.15) is 5.56 Å². The van der Waals surface area contributed by atoms with E-state index in [0.29, 0.717) is 0 Å². The zero-order chi connectivity index (χ0) is 13.7. The van der Waals surface area contributed by atoms with Crippen LogP contribution in [0.3, 0.4) is 0 Å². The summed E-state index contributed by atoms with van der Waals surface area (Å²) in [4.78, 5) is 28.9. The number of hydrogen-bond donors (Lipinski definition) is 0. The summed E-state index contributed by atoms with van der Waals surface area (Å²) >= 11 is 12.6. The van der Waals surface area contributed by atoms with Crippen molar-refractivity contribution < 1.29 is 9.59 Å². The predicted molar refractivity (Wildman–Crippen MR) is 75.6 cm³/mol. The van der Waals surface area contributed by atoms with Crippen molar-refractivity contribution in [3.63, 3.8) is 0 Å². The van der Waals surface area contributed by atoms with Crippen molar-refractivity contribution in [2.45, 2.75) is 6.92 Å². The van der Waals surface area contributed by atoms with Gasteiger partial charge in [0.05, 0.1) is 10.2 Å². The van der Waals surface area contributed by atoms with Crippen molar-refractivity contribution >= 4 is 61.7 Å². The van der Waals surface area contributed by atoms with Gasteiger partial charge in [0.15, 0.2) is 0 Å². The summed E-state index contributed by atoms with van der Waals surface area (Å²) in [5.74, 6) is -1.26. The minimum absolute atomic E-state index is 0.262. The summed E-state index contributed by atoms with van der Waals surface area (Å²) in [6, 6.07) is 5.70. The minimum Gasteiger partial charge on any atom is -0.267 e. The third-order valence-electron chi connectivity index (χ3n) is 2.70. The average Bonchev–Trinajstić information content (AvgIpc) is 2.85. The molecule has 1 aliphatic heterocycles. The summed E-state index contributed by atoms with van der Waals surface area (Å²) in [6.07, 6.45) is 0. The first kappa shape index (κ1) is 12.6. The molecule has 0 saturated carbocycles. The molecule has 0 fully saturated rings. The number of anilines is 1. The first-order chi connectivity index (χ1) is 8.99. The van der Waals surface area contributed by atoms with Gasteiger partial charge in [-0.3, -0.25) is 9.59 Å². The standard InChI is InChI=1S/C12H6Cl2N2O2S/c1-5-2-3-6-7(4-5)19-12(15-6)16-10(17)8(13)9(14)11(16)18/h2-4H,1H3. The molecule has 2 aromatic rings. The molecule has 0 spiro atoms. The molecule has 1 aromatic carbocycles. The molecule has 0 bridgehead atoms. The molecular weight excluding hydrogens is 307 g/mol. The maximum Gasteiger partial charge on any atom is 0.280 e. The highest BCUT2D eigenvalue weighted by Crippen LogP contribution is 2.35. The van der Waals surface area contributed by atoms with Gasteiger partial charge in [0.25, 0.3) is 11.8 Å². The Morgan fingerprint density at radius 2 is 1.79 bits per heavy atom. The van der Waals surface area contributed by atoms with Crippen molar-refractivity contribution in [2.24, 2.45) is 0 Å².